The maximum atomic E-state index is 13.0. The lowest BCUT2D eigenvalue weighted by Crippen LogP contribution is -2.28. The minimum Gasteiger partial charge on any atom is -0.383 e. The highest BCUT2D eigenvalue weighted by atomic mass is 19.1. The Labute approximate surface area is 128 Å². The van der Waals surface area contributed by atoms with Crippen LogP contribution in [0.5, 0.6) is 0 Å². The molecule has 22 heavy (non-hydrogen) atoms. The Kier molecular flexibility index (Phi) is 4.02. The molecule has 6 heteroatoms. The molecular formula is C16H18FN5. The average Bonchev–Trinajstić information content (AvgIpc) is 2.52. The van der Waals surface area contributed by atoms with Crippen molar-refractivity contribution in [2.75, 3.05) is 24.6 Å². The molecule has 114 valence electrons. The average molecular weight is 299 g/mol. The van der Waals surface area contributed by atoms with Crippen molar-refractivity contribution in [3.8, 4) is 0 Å². The molecule has 1 aliphatic heterocycles. The van der Waals surface area contributed by atoms with E-state index in [1.165, 1.54) is 17.7 Å². The fourth-order valence-corrected chi connectivity index (χ4v) is 2.58. The van der Waals surface area contributed by atoms with Gasteiger partial charge >= 0.3 is 0 Å². The normalized spacial score (nSPS) is 15.6. The van der Waals surface area contributed by atoms with E-state index in [4.69, 9.17) is 11.5 Å². The van der Waals surface area contributed by atoms with E-state index in [0.717, 1.165) is 30.6 Å². The van der Waals surface area contributed by atoms with Crippen molar-refractivity contribution < 1.29 is 4.39 Å². The zero-order valence-electron chi connectivity index (χ0n) is 12.2. The van der Waals surface area contributed by atoms with Crippen molar-refractivity contribution in [2.45, 2.75) is 13.0 Å². The van der Waals surface area contributed by atoms with Crippen molar-refractivity contribution in [1.82, 2.24) is 14.9 Å². The minimum atomic E-state index is -0.208. The summed E-state index contributed by atoms with van der Waals surface area (Å²) in [5, 5.41) is 0. The first-order chi connectivity index (χ1) is 10.6. The maximum Gasteiger partial charge on any atom is 0.221 e. The monoisotopic (exact) mass is 299 g/mol. The van der Waals surface area contributed by atoms with E-state index in [1.807, 2.05) is 12.1 Å². The van der Waals surface area contributed by atoms with Gasteiger partial charge in [0, 0.05) is 31.4 Å². The number of nitrogen functional groups attached to an aromatic ring is 2. The number of hydrogen-bond acceptors (Lipinski definition) is 5. The lowest BCUT2D eigenvalue weighted by atomic mass is 9.99. The summed E-state index contributed by atoms with van der Waals surface area (Å²) in [6.07, 6.45) is 4.77. The van der Waals surface area contributed by atoms with E-state index in [2.05, 4.69) is 20.9 Å². The highest BCUT2D eigenvalue weighted by Crippen LogP contribution is 2.24. The number of aromatic nitrogens is 2. The summed E-state index contributed by atoms with van der Waals surface area (Å²) in [6, 6.07) is 6.63. The van der Waals surface area contributed by atoms with E-state index in [0.29, 0.717) is 12.4 Å². The number of hydrogen-bond donors (Lipinski definition) is 2. The predicted molar refractivity (Wildman–Crippen MR) is 85.1 cm³/mol. The summed E-state index contributed by atoms with van der Waals surface area (Å²) < 4.78 is 13.0. The molecule has 0 saturated carbocycles. The molecule has 0 amide bonds. The Morgan fingerprint density at radius 2 is 1.95 bits per heavy atom. The van der Waals surface area contributed by atoms with Crippen molar-refractivity contribution in [1.29, 1.82) is 0 Å². The number of nitrogens with zero attached hydrogens (tertiary/aromatic N) is 3. The lowest BCUT2D eigenvalue weighted by molar-refractivity contribution is 0.294. The fourth-order valence-electron chi connectivity index (χ4n) is 2.58. The van der Waals surface area contributed by atoms with Crippen molar-refractivity contribution >= 4 is 17.3 Å². The lowest BCUT2D eigenvalue weighted by Gasteiger charge is -2.26. The van der Waals surface area contributed by atoms with Gasteiger partial charge in [0.2, 0.25) is 5.95 Å². The number of nitrogens with two attached hydrogens (primary N) is 2. The smallest absolute Gasteiger partial charge is 0.221 e. The third kappa shape index (κ3) is 3.23. The maximum absolute atomic E-state index is 13.0. The van der Waals surface area contributed by atoms with Gasteiger partial charge in [0.15, 0.2) is 0 Å². The topological polar surface area (TPSA) is 81.1 Å². The van der Waals surface area contributed by atoms with Gasteiger partial charge in [0.1, 0.15) is 11.6 Å². The van der Waals surface area contributed by atoms with Crippen LogP contribution in [0.25, 0.3) is 5.57 Å². The second-order valence-electron chi connectivity index (χ2n) is 5.36. The van der Waals surface area contributed by atoms with E-state index >= 15 is 0 Å². The van der Waals surface area contributed by atoms with E-state index in [9.17, 15) is 4.39 Å². The van der Waals surface area contributed by atoms with Gasteiger partial charge in [-0.1, -0.05) is 18.2 Å². The predicted octanol–water partition coefficient (Wildman–Crippen LogP) is 2.07. The van der Waals surface area contributed by atoms with Gasteiger partial charge in [0.25, 0.3) is 0 Å². The zero-order chi connectivity index (χ0) is 15.5. The highest BCUT2D eigenvalue weighted by molar-refractivity contribution is 5.66. The molecule has 0 saturated heterocycles. The molecule has 0 fully saturated rings. The molecule has 0 atom stereocenters. The van der Waals surface area contributed by atoms with Crippen molar-refractivity contribution in [3.63, 3.8) is 0 Å². The van der Waals surface area contributed by atoms with Crippen LogP contribution >= 0.6 is 0 Å². The molecule has 2 aromatic rings. The van der Waals surface area contributed by atoms with Crippen LogP contribution in [0.1, 0.15) is 17.5 Å². The van der Waals surface area contributed by atoms with Gasteiger partial charge in [0.05, 0.1) is 0 Å². The summed E-state index contributed by atoms with van der Waals surface area (Å²) >= 11 is 0. The molecule has 0 unspecified atom stereocenters. The summed E-state index contributed by atoms with van der Waals surface area (Å²) in [7, 11) is 0. The summed E-state index contributed by atoms with van der Waals surface area (Å²) in [5.74, 6) is 0.416. The SMILES string of the molecule is Nc1ncc(CN2CC=C(c3ccc(F)cc3)CC2)c(N)n1. The number of rotatable bonds is 3. The Balaban J connectivity index is 1.66. The van der Waals surface area contributed by atoms with Crippen LogP contribution in [-0.2, 0) is 6.54 Å². The van der Waals surface area contributed by atoms with Gasteiger partial charge in [-0.2, -0.15) is 4.98 Å². The molecule has 2 heterocycles. The van der Waals surface area contributed by atoms with E-state index in [-0.39, 0.29) is 11.8 Å². The van der Waals surface area contributed by atoms with Gasteiger partial charge in [-0.3, -0.25) is 4.90 Å². The molecule has 5 nitrogen and oxygen atoms in total. The van der Waals surface area contributed by atoms with Gasteiger partial charge in [-0.05, 0) is 29.7 Å². The molecule has 0 bridgehead atoms. The molecule has 0 radical (unpaired) electrons. The van der Waals surface area contributed by atoms with Crippen molar-refractivity contribution in [3.05, 3.63) is 53.5 Å². The molecule has 1 aromatic heterocycles. The first kappa shape index (κ1) is 14.5. The minimum absolute atomic E-state index is 0.193. The molecule has 0 aliphatic carbocycles. The van der Waals surface area contributed by atoms with Gasteiger partial charge in [-0.15, -0.1) is 0 Å². The number of halogens is 1. The second kappa shape index (κ2) is 6.11. The van der Waals surface area contributed by atoms with E-state index < -0.39 is 0 Å². The van der Waals surface area contributed by atoms with Crippen LogP contribution < -0.4 is 11.5 Å². The first-order valence-corrected chi connectivity index (χ1v) is 7.16. The molecule has 3 rings (SSSR count). The van der Waals surface area contributed by atoms with Crippen LogP contribution in [0, 0.1) is 5.82 Å². The zero-order valence-corrected chi connectivity index (χ0v) is 12.2. The molecule has 0 spiro atoms. The first-order valence-electron chi connectivity index (χ1n) is 7.16. The molecule has 1 aromatic carbocycles. The standard InChI is InChI=1S/C16H18FN5/c17-14-3-1-11(2-4-14)12-5-7-22(8-6-12)10-13-9-20-16(19)21-15(13)18/h1-5,9H,6-8,10H2,(H4,18,19,20,21). The summed E-state index contributed by atoms with van der Waals surface area (Å²) in [4.78, 5) is 10.2. The third-order valence-corrected chi connectivity index (χ3v) is 3.82. The van der Waals surface area contributed by atoms with Gasteiger partial charge < -0.3 is 11.5 Å². The second-order valence-corrected chi connectivity index (χ2v) is 5.36. The quantitative estimate of drug-likeness (QED) is 0.907. The summed E-state index contributed by atoms with van der Waals surface area (Å²) in [5.41, 5.74) is 14.6. The Morgan fingerprint density at radius 1 is 1.18 bits per heavy atom. The third-order valence-electron chi connectivity index (χ3n) is 3.82. The Hall–Kier alpha value is -2.47. The Morgan fingerprint density at radius 3 is 2.59 bits per heavy atom. The molecular weight excluding hydrogens is 281 g/mol. The van der Waals surface area contributed by atoms with Crippen molar-refractivity contribution in [2.24, 2.45) is 0 Å². The van der Waals surface area contributed by atoms with Gasteiger partial charge in [-0.25, -0.2) is 9.37 Å². The van der Waals surface area contributed by atoms with Crippen LogP contribution in [0.2, 0.25) is 0 Å². The Bertz CT molecular complexity index is 696. The number of anilines is 2. The van der Waals surface area contributed by atoms with Crippen LogP contribution in [0.3, 0.4) is 0 Å². The van der Waals surface area contributed by atoms with E-state index in [1.54, 1.807) is 6.20 Å². The van der Waals surface area contributed by atoms with Crippen LogP contribution in [0.15, 0.2) is 36.5 Å². The molecule has 4 N–H and O–H groups in total. The van der Waals surface area contributed by atoms with Crippen LogP contribution in [-0.4, -0.2) is 28.0 Å². The van der Waals surface area contributed by atoms with Crippen LogP contribution in [0.4, 0.5) is 16.2 Å². The summed E-state index contributed by atoms with van der Waals surface area (Å²) in [6.45, 7) is 2.42. The largest absolute Gasteiger partial charge is 0.383 e. The highest BCUT2D eigenvalue weighted by Gasteiger charge is 2.15. The molecule has 1 aliphatic rings. The fraction of sp³-hybridized carbons (Fsp3) is 0.250. The number of benzene rings is 1.